The van der Waals surface area contributed by atoms with Crippen LogP contribution in [0.3, 0.4) is 0 Å². The van der Waals surface area contributed by atoms with Crippen LogP contribution in [0.15, 0.2) is 49.1 Å². The zero-order valence-corrected chi connectivity index (χ0v) is 13.6. The van der Waals surface area contributed by atoms with Gasteiger partial charge in [-0.2, -0.15) is 5.10 Å². The van der Waals surface area contributed by atoms with Crippen molar-refractivity contribution in [1.29, 1.82) is 0 Å². The molecule has 2 aromatic rings. The second-order valence-electron chi connectivity index (χ2n) is 6.08. The molecule has 0 aliphatic heterocycles. The Morgan fingerprint density at radius 2 is 2.17 bits per heavy atom. The molecular weight excluding hydrogens is 288 g/mol. The highest BCUT2D eigenvalue weighted by atomic mass is 16.2. The number of rotatable bonds is 5. The van der Waals surface area contributed by atoms with Gasteiger partial charge < -0.3 is 4.90 Å². The minimum Gasteiger partial charge on any atom is -0.339 e. The van der Waals surface area contributed by atoms with Crippen LogP contribution >= 0.6 is 0 Å². The number of benzene rings is 1. The van der Waals surface area contributed by atoms with Gasteiger partial charge in [0.25, 0.3) is 0 Å². The number of amides is 1. The van der Waals surface area contributed by atoms with E-state index in [0.717, 1.165) is 24.1 Å². The fourth-order valence-corrected chi connectivity index (χ4v) is 2.92. The SMILES string of the molecule is C[C@H](c1ccc(-n2cncn2)cc1)N(C)C(=O)C[C@H]1C=CCC1. The summed E-state index contributed by atoms with van der Waals surface area (Å²) in [5, 5.41) is 4.12. The molecule has 0 fully saturated rings. The second kappa shape index (κ2) is 6.77. The molecule has 0 radical (unpaired) electrons. The summed E-state index contributed by atoms with van der Waals surface area (Å²) in [6.07, 6.45) is 10.3. The number of nitrogens with zero attached hydrogens (tertiary/aromatic N) is 4. The van der Waals surface area contributed by atoms with E-state index in [1.807, 2.05) is 36.2 Å². The van der Waals surface area contributed by atoms with Gasteiger partial charge in [-0.1, -0.05) is 24.3 Å². The molecule has 0 spiro atoms. The van der Waals surface area contributed by atoms with E-state index in [1.165, 1.54) is 6.33 Å². The van der Waals surface area contributed by atoms with Gasteiger partial charge in [-0.3, -0.25) is 4.79 Å². The minimum absolute atomic E-state index is 0.0534. The van der Waals surface area contributed by atoms with Crippen molar-refractivity contribution in [3.63, 3.8) is 0 Å². The fourth-order valence-electron chi connectivity index (χ4n) is 2.92. The molecule has 0 N–H and O–H groups in total. The summed E-state index contributed by atoms with van der Waals surface area (Å²) < 4.78 is 1.72. The maximum absolute atomic E-state index is 12.4. The first-order chi connectivity index (χ1) is 11.1. The van der Waals surface area contributed by atoms with E-state index in [1.54, 1.807) is 11.0 Å². The molecule has 1 amide bonds. The number of hydrogen-bond donors (Lipinski definition) is 0. The first-order valence-corrected chi connectivity index (χ1v) is 8.02. The van der Waals surface area contributed by atoms with Gasteiger partial charge in [0.05, 0.1) is 11.7 Å². The van der Waals surface area contributed by atoms with Gasteiger partial charge in [0.15, 0.2) is 0 Å². The molecule has 1 aliphatic carbocycles. The van der Waals surface area contributed by atoms with Gasteiger partial charge in [-0.05, 0) is 43.4 Å². The molecular formula is C18H22N4O. The second-order valence-corrected chi connectivity index (χ2v) is 6.08. The lowest BCUT2D eigenvalue weighted by Crippen LogP contribution is -2.30. The zero-order chi connectivity index (χ0) is 16.2. The van der Waals surface area contributed by atoms with Crippen molar-refractivity contribution in [3.8, 4) is 5.69 Å². The first-order valence-electron chi connectivity index (χ1n) is 8.02. The van der Waals surface area contributed by atoms with E-state index in [4.69, 9.17) is 0 Å². The summed E-state index contributed by atoms with van der Waals surface area (Å²) in [4.78, 5) is 18.2. The molecule has 23 heavy (non-hydrogen) atoms. The Morgan fingerprint density at radius 3 is 2.78 bits per heavy atom. The number of carbonyl (C=O) groups excluding carboxylic acids is 1. The molecule has 120 valence electrons. The molecule has 5 heteroatoms. The molecule has 0 saturated heterocycles. The lowest BCUT2D eigenvalue weighted by Gasteiger charge is -2.26. The molecule has 1 aliphatic rings. The normalized spacial score (nSPS) is 18.1. The fraction of sp³-hybridized carbons (Fsp3) is 0.389. The van der Waals surface area contributed by atoms with Gasteiger partial charge in [0.2, 0.25) is 5.91 Å². The van der Waals surface area contributed by atoms with Crippen molar-refractivity contribution in [2.24, 2.45) is 5.92 Å². The Bertz CT molecular complexity index is 676. The van der Waals surface area contributed by atoms with E-state index in [9.17, 15) is 4.79 Å². The molecule has 1 aromatic heterocycles. The van der Waals surface area contributed by atoms with Crippen LogP contribution in [-0.2, 0) is 4.79 Å². The maximum Gasteiger partial charge on any atom is 0.223 e. The van der Waals surface area contributed by atoms with Crippen LogP contribution in [0.1, 0.15) is 37.8 Å². The Labute approximate surface area is 136 Å². The Hall–Kier alpha value is -2.43. The van der Waals surface area contributed by atoms with Crippen molar-refractivity contribution < 1.29 is 4.79 Å². The quantitative estimate of drug-likeness (QED) is 0.797. The van der Waals surface area contributed by atoms with Crippen LogP contribution < -0.4 is 0 Å². The Kier molecular flexibility index (Phi) is 4.55. The summed E-state index contributed by atoms with van der Waals surface area (Å²) in [5.41, 5.74) is 2.08. The van der Waals surface area contributed by atoms with Crippen molar-refractivity contribution in [2.45, 2.75) is 32.2 Å². The molecule has 0 bridgehead atoms. The van der Waals surface area contributed by atoms with Gasteiger partial charge in [-0.25, -0.2) is 9.67 Å². The van der Waals surface area contributed by atoms with E-state index in [0.29, 0.717) is 12.3 Å². The van der Waals surface area contributed by atoms with Gasteiger partial charge >= 0.3 is 0 Å². The molecule has 2 atom stereocenters. The average molecular weight is 310 g/mol. The topological polar surface area (TPSA) is 51.0 Å². The number of hydrogen-bond acceptors (Lipinski definition) is 3. The lowest BCUT2D eigenvalue weighted by atomic mass is 10.0. The highest BCUT2D eigenvalue weighted by molar-refractivity contribution is 5.77. The zero-order valence-electron chi connectivity index (χ0n) is 13.6. The van der Waals surface area contributed by atoms with Gasteiger partial charge in [0.1, 0.15) is 12.7 Å². The highest BCUT2D eigenvalue weighted by Crippen LogP contribution is 2.25. The molecule has 5 nitrogen and oxygen atoms in total. The molecule has 1 heterocycles. The minimum atomic E-state index is 0.0534. The number of aromatic nitrogens is 3. The summed E-state index contributed by atoms with van der Waals surface area (Å²) in [6.45, 7) is 2.06. The molecule has 3 rings (SSSR count). The Balaban J connectivity index is 1.65. The third kappa shape index (κ3) is 3.50. The van der Waals surface area contributed by atoms with Crippen molar-refractivity contribution in [2.75, 3.05) is 7.05 Å². The summed E-state index contributed by atoms with van der Waals surface area (Å²) in [6, 6.07) is 8.14. The largest absolute Gasteiger partial charge is 0.339 e. The van der Waals surface area contributed by atoms with Crippen LogP contribution in [0.25, 0.3) is 5.69 Å². The first kappa shape index (κ1) is 15.5. The van der Waals surface area contributed by atoms with Crippen LogP contribution in [0.4, 0.5) is 0 Å². The lowest BCUT2D eigenvalue weighted by molar-refractivity contribution is -0.132. The van der Waals surface area contributed by atoms with Crippen LogP contribution in [0.2, 0.25) is 0 Å². The monoisotopic (exact) mass is 310 g/mol. The standard InChI is InChI=1S/C18H22N4O/c1-14(21(2)18(23)11-15-5-3-4-6-15)16-7-9-17(10-8-16)22-13-19-12-20-22/h3,5,7-10,12-15H,4,6,11H2,1-2H3/t14-,15+/m1/s1. The predicted molar refractivity (Wildman–Crippen MR) is 89.0 cm³/mol. The summed E-state index contributed by atoms with van der Waals surface area (Å²) in [7, 11) is 1.89. The Morgan fingerprint density at radius 1 is 1.39 bits per heavy atom. The third-order valence-corrected chi connectivity index (χ3v) is 4.58. The van der Waals surface area contributed by atoms with Crippen molar-refractivity contribution in [1.82, 2.24) is 19.7 Å². The smallest absolute Gasteiger partial charge is 0.223 e. The van der Waals surface area contributed by atoms with Gasteiger partial charge in [0, 0.05) is 13.5 Å². The number of carbonyl (C=O) groups is 1. The van der Waals surface area contributed by atoms with E-state index < -0.39 is 0 Å². The van der Waals surface area contributed by atoms with E-state index >= 15 is 0 Å². The summed E-state index contributed by atoms with van der Waals surface area (Å²) in [5.74, 6) is 0.612. The number of allylic oxidation sites excluding steroid dienone is 2. The van der Waals surface area contributed by atoms with E-state index in [-0.39, 0.29) is 11.9 Å². The molecule has 1 aromatic carbocycles. The molecule has 0 saturated carbocycles. The average Bonchev–Trinajstić information content (AvgIpc) is 3.27. The maximum atomic E-state index is 12.4. The van der Waals surface area contributed by atoms with E-state index in [2.05, 4.69) is 29.2 Å². The van der Waals surface area contributed by atoms with Crippen LogP contribution in [0, 0.1) is 5.92 Å². The van der Waals surface area contributed by atoms with Crippen LogP contribution in [-0.4, -0.2) is 32.6 Å². The predicted octanol–water partition coefficient (Wildman–Crippen LogP) is 3.14. The summed E-state index contributed by atoms with van der Waals surface area (Å²) >= 11 is 0. The van der Waals surface area contributed by atoms with Crippen LogP contribution in [0.5, 0.6) is 0 Å². The third-order valence-electron chi connectivity index (χ3n) is 4.58. The molecule has 0 unspecified atom stereocenters. The van der Waals surface area contributed by atoms with Crippen molar-refractivity contribution in [3.05, 3.63) is 54.6 Å². The van der Waals surface area contributed by atoms with Crippen molar-refractivity contribution >= 4 is 5.91 Å². The highest BCUT2D eigenvalue weighted by Gasteiger charge is 2.21. The van der Waals surface area contributed by atoms with Gasteiger partial charge in [-0.15, -0.1) is 0 Å².